The zero-order chi connectivity index (χ0) is 24.9. The van der Waals surface area contributed by atoms with E-state index in [2.05, 4.69) is 10.0 Å². The lowest BCUT2D eigenvalue weighted by atomic mass is 10.4. The quantitative estimate of drug-likeness (QED) is 0.0904. The van der Waals surface area contributed by atoms with Crippen LogP contribution in [-0.2, 0) is 28.6 Å². The molecule has 0 amide bonds. The van der Waals surface area contributed by atoms with Crippen LogP contribution in [0.1, 0.15) is 6.42 Å². The van der Waals surface area contributed by atoms with Gasteiger partial charge in [-0.15, -0.1) is 0 Å². The summed E-state index contributed by atoms with van der Waals surface area (Å²) in [6.07, 6.45) is -0.0961. The largest absolute Gasteiger partial charge is 0.481 e. The highest BCUT2D eigenvalue weighted by molar-refractivity contribution is 8.14. The average molecular weight is 515 g/mol. The number of rotatable bonds is 20. The predicted octanol–water partition coefficient (Wildman–Crippen LogP) is 2.70. The number of aliphatic carboxylic acids is 1. The van der Waals surface area contributed by atoms with E-state index in [4.69, 9.17) is 24.8 Å². The molecule has 0 aliphatic heterocycles. The number of carbonyl (C=O) groups excluding carboxylic acids is 2. The monoisotopic (exact) mass is 514 g/mol. The summed E-state index contributed by atoms with van der Waals surface area (Å²) >= 11 is 2.06. The minimum absolute atomic E-state index is 0.0262. The van der Waals surface area contributed by atoms with E-state index in [9.17, 15) is 14.4 Å². The van der Waals surface area contributed by atoms with E-state index in [-0.39, 0.29) is 42.0 Å². The van der Waals surface area contributed by atoms with E-state index < -0.39 is 5.97 Å². The molecule has 0 radical (unpaired) electrons. The first-order chi connectivity index (χ1) is 16.5. The third-order valence-electron chi connectivity index (χ3n) is 3.95. The van der Waals surface area contributed by atoms with Gasteiger partial charge in [-0.1, -0.05) is 46.8 Å². The van der Waals surface area contributed by atoms with E-state index in [0.29, 0.717) is 46.2 Å². The van der Waals surface area contributed by atoms with Crippen LogP contribution in [-0.4, -0.2) is 97.8 Å². The normalized spacial score (nSPS) is 10.7. The van der Waals surface area contributed by atoms with Crippen molar-refractivity contribution in [2.45, 2.75) is 11.3 Å². The van der Waals surface area contributed by atoms with Gasteiger partial charge in [0.2, 0.25) is 10.2 Å². The number of azide groups is 1. The zero-order valence-electron chi connectivity index (χ0n) is 18.9. The van der Waals surface area contributed by atoms with Gasteiger partial charge < -0.3 is 19.3 Å². The molecule has 0 unspecified atom stereocenters. The van der Waals surface area contributed by atoms with Crippen LogP contribution >= 0.6 is 23.5 Å². The number of hydrogen-bond acceptors (Lipinski definition) is 10. The molecule has 1 aromatic rings. The highest BCUT2D eigenvalue weighted by Crippen LogP contribution is 2.18. The first-order valence-corrected chi connectivity index (χ1v) is 12.4. The summed E-state index contributed by atoms with van der Waals surface area (Å²) < 4.78 is 16.1. The molecule has 0 aliphatic carbocycles. The summed E-state index contributed by atoms with van der Waals surface area (Å²) in [7, 11) is 0. The summed E-state index contributed by atoms with van der Waals surface area (Å²) in [6, 6.07) is 9.25. The highest BCUT2D eigenvalue weighted by Gasteiger charge is 2.16. The van der Waals surface area contributed by atoms with E-state index in [0.717, 1.165) is 28.4 Å². The molecule has 1 rings (SSSR count). The van der Waals surface area contributed by atoms with Crippen molar-refractivity contribution in [1.29, 1.82) is 0 Å². The summed E-state index contributed by atoms with van der Waals surface area (Å²) in [4.78, 5) is 40.4. The lowest BCUT2D eigenvalue weighted by molar-refractivity contribution is -0.136. The van der Waals surface area contributed by atoms with Crippen molar-refractivity contribution in [3.8, 4) is 0 Å². The van der Waals surface area contributed by atoms with Crippen molar-refractivity contribution in [1.82, 2.24) is 4.90 Å². The second-order valence-electron chi connectivity index (χ2n) is 6.65. The molecule has 13 heteroatoms. The van der Waals surface area contributed by atoms with Gasteiger partial charge in [-0.2, -0.15) is 0 Å². The Hall–Kier alpha value is -2.12. The van der Waals surface area contributed by atoms with E-state index in [1.165, 1.54) is 0 Å². The Kier molecular flexibility index (Phi) is 17.8. The van der Waals surface area contributed by atoms with E-state index in [1.807, 2.05) is 30.3 Å². The third-order valence-corrected chi connectivity index (χ3v) is 5.68. The minimum Gasteiger partial charge on any atom is -0.481 e. The molecule has 34 heavy (non-hydrogen) atoms. The maximum absolute atomic E-state index is 12.5. The lowest BCUT2D eigenvalue weighted by Gasteiger charge is -2.20. The van der Waals surface area contributed by atoms with Gasteiger partial charge in [-0.05, 0) is 17.7 Å². The molecule has 0 aromatic heterocycles. The minimum atomic E-state index is -0.957. The van der Waals surface area contributed by atoms with Crippen LogP contribution in [0.15, 0.2) is 40.3 Å². The van der Waals surface area contributed by atoms with Gasteiger partial charge in [0.1, 0.15) is 0 Å². The molecule has 11 nitrogen and oxygen atoms in total. The van der Waals surface area contributed by atoms with Crippen molar-refractivity contribution in [3.63, 3.8) is 0 Å². The summed E-state index contributed by atoms with van der Waals surface area (Å²) in [5.74, 6) is -0.764. The molecule has 0 aliphatic rings. The van der Waals surface area contributed by atoms with Gasteiger partial charge in [0, 0.05) is 28.6 Å². The molecule has 1 aromatic carbocycles. The van der Waals surface area contributed by atoms with Crippen molar-refractivity contribution in [2.24, 2.45) is 5.11 Å². The summed E-state index contributed by atoms with van der Waals surface area (Å²) in [5.41, 5.74) is 8.15. The number of benzene rings is 1. The molecule has 0 saturated carbocycles. The molecule has 0 spiro atoms. The van der Waals surface area contributed by atoms with Crippen LogP contribution in [0, 0.1) is 0 Å². The number of thioether (sulfide) groups is 2. The van der Waals surface area contributed by atoms with Crippen molar-refractivity contribution >= 4 is 39.7 Å². The molecule has 0 fully saturated rings. The van der Waals surface area contributed by atoms with Gasteiger partial charge in [0.15, 0.2) is 0 Å². The Morgan fingerprint density at radius 1 is 0.941 bits per heavy atom. The fraction of sp³-hybridized carbons (Fsp3) is 0.571. The molecule has 188 valence electrons. The Morgan fingerprint density at radius 2 is 1.56 bits per heavy atom. The molecule has 0 atom stereocenters. The molecule has 1 N–H and O–H groups in total. The molecule has 0 saturated heterocycles. The second-order valence-corrected chi connectivity index (χ2v) is 8.94. The standard InChI is InChI=1S/C21H30N4O7S2/c22-24-23-7-9-30-11-13-32-14-12-31-10-8-25(16-20(28)33-15-6-19(26)27)17-21(29)34-18-4-2-1-3-5-18/h1-5H,6-17H2,(H,26,27). The Labute approximate surface area is 207 Å². The summed E-state index contributed by atoms with van der Waals surface area (Å²) in [6.45, 7) is 2.88. The number of nitrogens with zero attached hydrogens (tertiary/aromatic N) is 4. The smallest absolute Gasteiger partial charge is 0.304 e. The second kappa shape index (κ2) is 20.3. The van der Waals surface area contributed by atoms with Crippen molar-refractivity contribution in [3.05, 3.63) is 40.8 Å². The Bertz CT molecular complexity index is 780. The zero-order valence-corrected chi connectivity index (χ0v) is 20.5. The highest BCUT2D eigenvalue weighted by atomic mass is 32.2. The van der Waals surface area contributed by atoms with E-state index >= 15 is 0 Å². The average Bonchev–Trinajstić information content (AvgIpc) is 2.80. The fourth-order valence-corrected chi connectivity index (χ4v) is 4.00. The first-order valence-electron chi connectivity index (χ1n) is 10.6. The van der Waals surface area contributed by atoms with Gasteiger partial charge >= 0.3 is 5.97 Å². The van der Waals surface area contributed by atoms with Gasteiger partial charge in [-0.25, -0.2) is 0 Å². The number of carboxylic acids is 1. The van der Waals surface area contributed by atoms with Gasteiger partial charge in [0.05, 0.1) is 59.2 Å². The third kappa shape index (κ3) is 17.4. The van der Waals surface area contributed by atoms with Crippen LogP contribution in [0.25, 0.3) is 10.4 Å². The van der Waals surface area contributed by atoms with Gasteiger partial charge in [-0.3, -0.25) is 19.3 Å². The Morgan fingerprint density at radius 3 is 2.21 bits per heavy atom. The number of hydrogen-bond donors (Lipinski definition) is 1. The van der Waals surface area contributed by atoms with E-state index in [1.54, 1.807) is 4.90 Å². The van der Waals surface area contributed by atoms with Crippen LogP contribution < -0.4 is 0 Å². The van der Waals surface area contributed by atoms with Crippen LogP contribution in [0.5, 0.6) is 0 Å². The molecule has 0 bridgehead atoms. The number of ether oxygens (including phenoxy) is 3. The topological polar surface area (TPSA) is 151 Å². The lowest BCUT2D eigenvalue weighted by Crippen LogP contribution is -2.36. The predicted molar refractivity (Wildman–Crippen MR) is 130 cm³/mol. The summed E-state index contributed by atoms with van der Waals surface area (Å²) in [5, 5.41) is 11.8. The SMILES string of the molecule is [N-]=[N+]=NCCOCCOCCOCCN(CC(=O)SCCC(=O)O)CC(=O)Sc1ccccc1. The van der Waals surface area contributed by atoms with Crippen molar-refractivity contribution in [2.75, 3.05) is 71.6 Å². The van der Waals surface area contributed by atoms with Crippen LogP contribution in [0.2, 0.25) is 0 Å². The van der Waals surface area contributed by atoms with Crippen LogP contribution in [0.3, 0.4) is 0 Å². The van der Waals surface area contributed by atoms with Crippen LogP contribution in [0.4, 0.5) is 0 Å². The maximum Gasteiger partial charge on any atom is 0.304 e. The van der Waals surface area contributed by atoms with Crippen molar-refractivity contribution < 1.29 is 33.7 Å². The first kappa shape index (κ1) is 29.9. The fourth-order valence-electron chi connectivity index (χ4n) is 2.41. The molecular formula is C21H30N4O7S2. The maximum atomic E-state index is 12.5. The number of carbonyl (C=O) groups is 3. The number of carboxylic acid groups (broad SMARTS) is 1. The molecular weight excluding hydrogens is 484 g/mol. The van der Waals surface area contributed by atoms with Gasteiger partial charge in [0.25, 0.3) is 0 Å². The molecule has 0 heterocycles. The Balaban J connectivity index is 2.31.